The van der Waals surface area contributed by atoms with Gasteiger partial charge in [0.1, 0.15) is 16.4 Å². The molecule has 1 N–H and O–H groups in total. The van der Waals surface area contributed by atoms with Crippen molar-refractivity contribution >= 4 is 19.7 Å². The summed E-state index contributed by atoms with van der Waals surface area (Å²) in [6.45, 7) is 3.18. The minimum absolute atomic E-state index is 0.00398. The molecule has 2 heterocycles. The zero-order valence-electron chi connectivity index (χ0n) is 12.1. The van der Waals surface area contributed by atoms with Crippen LogP contribution in [0.2, 0.25) is 0 Å². The Morgan fingerprint density at radius 2 is 1.74 bits per heavy atom. The third-order valence-electron chi connectivity index (χ3n) is 3.34. The fraction of sp³-hybridized carbons (Fsp3) is 0.143. The number of aryl methyl sites for hydroxylation is 1. The second-order valence-corrected chi connectivity index (χ2v) is 7.44. The number of benzene rings is 1. The fourth-order valence-corrected chi connectivity index (χ4v) is 3.92. The van der Waals surface area contributed by atoms with Gasteiger partial charge < -0.3 is 9.40 Å². The van der Waals surface area contributed by atoms with Crippen LogP contribution in [0.1, 0.15) is 11.3 Å². The summed E-state index contributed by atoms with van der Waals surface area (Å²) >= 11 is 0. The monoisotopic (exact) mass is 355 g/mol. The van der Waals surface area contributed by atoms with Gasteiger partial charge in [0.25, 0.3) is 14.9 Å². The van der Waals surface area contributed by atoms with Crippen LogP contribution in [-0.4, -0.2) is 23.6 Å². The van der Waals surface area contributed by atoms with Crippen molar-refractivity contribution in [1.29, 1.82) is 0 Å². The maximum absolute atomic E-state index is 12.9. The number of hydrogen-bond acceptors (Lipinski definition) is 5. The molecule has 0 spiro atoms. The van der Waals surface area contributed by atoms with Gasteiger partial charge in [-0.05, 0) is 43.7 Å². The van der Waals surface area contributed by atoms with E-state index in [1.54, 1.807) is 13.8 Å². The second kappa shape index (κ2) is 5.47. The summed E-state index contributed by atoms with van der Waals surface area (Å²) < 4.78 is 41.7. The molecule has 6 nitrogen and oxygen atoms in total. The van der Waals surface area contributed by atoms with E-state index in [0.29, 0.717) is 22.5 Å². The largest absolute Gasteiger partial charge is 0.415 e. The molecule has 0 aliphatic carbocycles. The average molecular weight is 356 g/mol. The smallest absolute Gasteiger partial charge is 0.264 e. The maximum atomic E-state index is 12.9. The van der Waals surface area contributed by atoms with Crippen LogP contribution in [0.15, 0.2) is 33.6 Å². The lowest BCUT2D eigenvalue weighted by Gasteiger charge is -1.96. The van der Waals surface area contributed by atoms with Crippen LogP contribution in [0, 0.1) is 19.7 Å². The number of nitrogens with zero attached hydrogens (tertiary/aromatic N) is 2. The van der Waals surface area contributed by atoms with Gasteiger partial charge in [0.2, 0.25) is 5.89 Å². The van der Waals surface area contributed by atoms with Crippen molar-refractivity contribution in [2.45, 2.75) is 18.7 Å². The lowest BCUT2D eigenvalue weighted by molar-refractivity contribution is 0.581. The van der Waals surface area contributed by atoms with Gasteiger partial charge in [0.05, 0.1) is 0 Å². The Labute approximate surface area is 135 Å². The number of halogens is 2. The Hall–Kier alpha value is -2.19. The number of rotatable bonds is 3. The maximum Gasteiger partial charge on any atom is 0.264 e. The molecule has 0 saturated carbocycles. The first-order valence-electron chi connectivity index (χ1n) is 6.51. The Balaban J connectivity index is 2.06. The summed E-state index contributed by atoms with van der Waals surface area (Å²) in [7, 11) is 1.54. The molecule has 0 unspecified atom stereocenters. The van der Waals surface area contributed by atoms with Gasteiger partial charge in [-0.1, -0.05) is 0 Å². The highest BCUT2D eigenvalue weighted by molar-refractivity contribution is 8.13. The number of H-pyrrole nitrogens is 1. The minimum atomic E-state index is -3.89. The Morgan fingerprint density at radius 1 is 1.13 bits per heavy atom. The molecular weight excluding hydrogens is 345 g/mol. The van der Waals surface area contributed by atoms with Crippen molar-refractivity contribution in [3.05, 3.63) is 41.3 Å². The topological polar surface area (TPSA) is 88.8 Å². The van der Waals surface area contributed by atoms with E-state index in [1.165, 1.54) is 24.3 Å². The molecule has 23 heavy (non-hydrogen) atoms. The van der Waals surface area contributed by atoms with Gasteiger partial charge >= 0.3 is 0 Å². The SMILES string of the molecule is Cc1[nH]c(-c2nnc(-c3ccc(F)cc3)o2)c(C)c1S(=O)(=O)Cl. The fourth-order valence-electron chi connectivity index (χ4n) is 2.35. The minimum Gasteiger partial charge on any atom is -0.415 e. The van der Waals surface area contributed by atoms with Crippen molar-refractivity contribution in [1.82, 2.24) is 15.2 Å². The molecular formula is C14H11ClFN3O3S. The molecule has 120 valence electrons. The Morgan fingerprint density at radius 3 is 2.30 bits per heavy atom. The predicted molar refractivity (Wildman–Crippen MR) is 82.0 cm³/mol. The summed E-state index contributed by atoms with van der Waals surface area (Å²) in [6, 6.07) is 5.57. The van der Waals surface area contributed by atoms with E-state index in [2.05, 4.69) is 15.2 Å². The molecule has 3 aromatic rings. The molecule has 0 fully saturated rings. The van der Waals surface area contributed by atoms with Gasteiger partial charge in [-0.15, -0.1) is 10.2 Å². The van der Waals surface area contributed by atoms with E-state index in [4.69, 9.17) is 15.1 Å². The molecule has 1 aromatic carbocycles. The second-order valence-electron chi connectivity index (χ2n) is 4.94. The summed E-state index contributed by atoms with van der Waals surface area (Å²) in [5.74, 6) is -0.0558. The molecule has 0 amide bonds. The van der Waals surface area contributed by atoms with Gasteiger partial charge in [0.15, 0.2) is 0 Å². The third-order valence-corrected chi connectivity index (χ3v) is 4.91. The van der Waals surface area contributed by atoms with Crippen molar-refractivity contribution in [2.24, 2.45) is 0 Å². The van der Waals surface area contributed by atoms with E-state index < -0.39 is 9.05 Å². The zero-order chi connectivity index (χ0) is 16.8. The first-order chi connectivity index (χ1) is 10.8. The Bertz CT molecular complexity index is 977. The van der Waals surface area contributed by atoms with Gasteiger partial charge in [-0.2, -0.15) is 0 Å². The highest BCUT2D eigenvalue weighted by Gasteiger charge is 2.25. The normalized spacial score (nSPS) is 11.8. The highest BCUT2D eigenvalue weighted by atomic mass is 35.7. The molecule has 0 atom stereocenters. The quantitative estimate of drug-likeness (QED) is 0.727. The number of aromatic amines is 1. The summed E-state index contributed by atoms with van der Waals surface area (Å²) in [6.07, 6.45) is 0. The molecule has 9 heteroatoms. The first kappa shape index (κ1) is 15.7. The summed E-state index contributed by atoms with van der Waals surface area (Å²) in [5.41, 5.74) is 1.71. The van der Waals surface area contributed by atoms with E-state index in [1.807, 2.05) is 0 Å². The lowest BCUT2D eigenvalue weighted by Crippen LogP contribution is -1.93. The average Bonchev–Trinajstić information content (AvgIpc) is 3.03. The van der Waals surface area contributed by atoms with E-state index in [0.717, 1.165) is 0 Å². The zero-order valence-corrected chi connectivity index (χ0v) is 13.7. The molecule has 0 saturated heterocycles. The predicted octanol–water partition coefficient (Wildman–Crippen LogP) is 3.42. The molecule has 2 aromatic heterocycles. The molecule has 0 aliphatic heterocycles. The van der Waals surface area contributed by atoms with Crippen LogP contribution in [0.4, 0.5) is 4.39 Å². The van der Waals surface area contributed by atoms with Crippen molar-refractivity contribution in [2.75, 3.05) is 0 Å². The van der Waals surface area contributed by atoms with Crippen LogP contribution in [0.25, 0.3) is 23.0 Å². The Kier molecular flexibility index (Phi) is 3.73. The van der Waals surface area contributed by atoms with Crippen molar-refractivity contribution < 1.29 is 17.2 Å². The lowest BCUT2D eigenvalue weighted by atomic mass is 10.2. The molecule has 0 radical (unpaired) electrons. The first-order valence-corrected chi connectivity index (χ1v) is 8.82. The third kappa shape index (κ3) is 2.87. The molecule has 0 bridgehead atoms. The van der Waals surface area contributed by atoms with Crippen molar-refractivity contribution in [3.8, 4) is 23.0 Å². The van der Waals surface area contributed by atoms with Gasteiger partial charge in [0, 0.05) is 21.9 Å². The van der Waals surface area contributed by atoms with Crippen LogP contribution < -0.4 is 0 Å². The number of hydrogen-bond donors (Lipinski definition) is 1. The molecule has 3 rings (SSSR count). The highest BCUT2D eigenvalue weighted by Crippen LogP contribution is 2.32. The summed E-state index contributed by atoms with van der Waals surface area (Å²) in [5, 5.41) is 7.80. The van der Waals surface area contributed by atoms with Crippen LogP contribution in [0.5, 0.6) is 0 Å². The summed E-state index contributed by atoms with van der Waals surface area (Å²) in [4.78, 5) is 2.89. The van der Waals surface area contributed by atoms with E-state index in [-0.39, 0.29) is 22.5 Å². The van der Waals surface area contributed by atoms with Gasteiger partial charge in [-0.25, -0.2) is 12.8 Å². The standard InChI is InChI=1S/C14H11ClFN3O3S/c1-7-11(17-8(2)12(7)23(15,20)21)14-19-18-13(22-14)9-3-5-10(16)6-4-9/h3-6,17H,1-2H3. The number of nitrogens with one attached hydrogen (secondary N) is 1. The number of aromatic nitrogens is 3. The molecule has 0 aliphatic rings. The van der Waals surface area contributed by atoms with Crippen LogP contribution in [-0.2, 0) is 9.05 Å². The van der Waals surface area contributed by atoms with Crippen molar-refractivity contribution in [3.63, 3.8) is 0 Å². The van der Waals surface area contributed by atoms with Crippen LogP contribution in [0.3, 0.4) is 0 Å². The van der Waals surface area contributed by atoms with E-state index >= 15 is 0 Å². The van der Waals surface area contributed by atoms with Crippen LogP contribution >= 0.6 is 10.7 Å². The van der Waals surface area contributed by atoms with E-state index in [9.17, 15) is 12.8 Å². The van der Waals surface area contributed by atoms with Gasteiger partial charge in [-0.3, -0.25) is 0 Å².